The summed E-state index contributed by atoms with van der Waals surface area (Å²) in [6.45, 7) is 3.45. The molecule has 0 bridgehead atoms. The number of nitrogens with one attached hydrogen (secondary N) is 1. The van der Waals surface area contributed by atoms with Crippen LogP contribution in [-0.2, 0) is 22.7 Å². The summed E-state index contributed by atoms with van der Waals surface area (Å²) in [6, 6.07) is 21.4. The number of anilines is 1. The smallest absolute Gasteiger partial charge is 0.262 e. The molecule has 2 aromatic heterocycles. The normalized spacial score (nSPS) is 24.2. The number of para-hydroxylation sites is 1. The van der Waals surface area contributed by atoms with Gasteiger partial charge in [0.05, 0.1) is 22.6 Å². The summed E-state index contributed by atoms with van der Waals surface area (Å²) >= 11 is 0. The molecule has 2 atom stereocenters. The van der Waals surface area contributed by atoms with Crippen LogP contribution in [0.1, 0.15) is 82.8 Å². The molecule has 0 spiro atoms. The van der Waals surface area contributed by atoms with Gasteiger partial charge in [-0.1, -0.05) is 18.2 Å². The number of nitrogens with two attached hydrogens (primary N) is 1. The van der Waals surface area contributed by atoms with E-state index in [1.807, 2.05) is 66.7 Å². The van der Waals surface area contributed by atoms with Crippen molar-refractivity contribution in [2.75, 3.05) is 18.8 Å². The van der Waals surface area contributed by atoms with E-state index >= 15 is 0 Å². The van der Waals surface area contributed by atoms with Crippen LogP contribution in [-0.4, -0.2) is 89.3 Å². The Kier molecular flexibility index (Phi) is 8.40. The largest absolute Gasteiger partial charge is 0.457 e. The molecule has 2 saturated heterocycles. The van der Waals surface area contributed by atoms with E-state index in [1.54, 1.807) is 0 Å². The van der Waals surface area contributed by atoms with Gasteiger partial charge >= 0.3 is 0 Å². The van der Waals surface area contributed by atoms with Gasteiger partial charge in [0.2, 0.25) is 11.8 Å². The van der Waals surface area contributed by atoms with Crippen molar-refractivity contribution >= 4 is 40.5 Å². The first-order valence-corrected chi connectivity index (χ1v) is 19.5. The van der Waals surface area contributed by atoms with Crippen LogP contribution < -0.4 is 15.8 Å². The number of nitrogens with zero attached hydrogens (tertiary/aromatic N) is 7. The SMILES string of the molecule is Nc1ncnc2c1c(-c1ccc(Oc3ccccc3)cc1)nn2C1CCC(N2CCC(N3Cc4cc5c(cc4C3)C(=O)N(C3CCC(=O)NC3=O)C5=O)C2)CC1. The van der Waals surface area contributed by atoms with E-state index in [9.17, 15) is 19.2 Å². The zero-order valence-corrected chi connectivity index (χ0v) is 30.8. The van der Waals surface area contributed by atoms with Crippen molar-refractivity contribution in [3.63, 3.8) is 0 Å². The van der Waals surface area contributed by atoms with E-state index < -0.39 is 23.8 Å². The van der Waals surface area contributed by atoms with Crippen molar-refractivity contribution in [1.29, 1.82) is 0 Å². The summed E-state index contributed by atoms with van der Waals surface area (Å²) in [5.41, 5.74) is 11.7. The maximum Gasteiger partial charge on any atom is 0.262 e. The fourth-order valence-corrected chi connectivity index (χ4v) is 9.48. The second-order valence-corrected chi connectivity index (χ2v) is 15.6. The fourth-order valence-electron chi connectivity index (χ4n) is 9.48. The minimum atomic E-state index is -0.959. The number of ether oxygens (including phenoxy) is 1. The van der Waals surface area contributed by atoms with Crippen LogP contribution in [0, 0.1) is 0 Å². The molecule has 5 aliphatic rings. The van der Waals surface area contributed by atoms with Gasteiger partial charge in [-0.15, -0.1) is 0 Å². The number of carbonyl (C=O) groups excluding carboxylic acids is 4. The molecular weight excluding hydrogens is 711 g/mol. The molecule has 4 aliphatic heterocycles. The molecule has 6 heterocycles. The highest BCUT2D eigenvalue weighted by molar-refractivity contribution is 6.23. The molecule has 56 heavy (non-hydrogen) atoms. The van der Waals surface area contributed by atoms with Gasteiger partial charge in [-0.05, 0) is 98.2 Å². The minimum Gasteiger partial charge on any atom is -0.457 e. The first kappa shape index (κ1) is 34.5. The van der Waals surface area contributed by atoms with Crippen molar-refractivity contribution < 1.29 is 23.9 Å². The van der Waals surface area contributed by atoms with E-state index in [2.05, 4.69) is 29.8 Å². The predicted octanol–water partition coefficient (Wildman–Crippen LogP) is 4.84. The first-order chi connectivity index (χ1) is 27.3. The second-order valence-electron chi connectivity index (χ2n) is 15.6. The zero-order chi connectivity index (χ0) is 38.1. The molecule has 1 saturated carbocycles. The van der Waals surface area contributed by atoms with Gasteiger partial charge in [0, 0.05) is 50.2 Å². The Balaban J connectivity index is 0.783. The molecule has 284 valence electrons. The number of fused-ring (bicyclic) bond motifs is 3. The Morgan fingerprint density at radius 1 is 0.732 bits per heavy atom. The molecule has 0 radical (unpaired) electrons. The number of benzene rings is 3. The summed E-state index contributed by atoms with van der Waals surface area (Å²) in [7, 11) is 0. The summed E-state index contributed by atoms with van der Waals surface area (Å²) in [6.07, 6.45) is 6.90. The van der Waals surface area contributed by atoms with Crippen molar-refractivity contribution in [3.8, 4) is 22.8 Å². The highest BCUT2D eigenvalue weighted by Crippen LogP contribution is 2.40. The lowest BCUT2D eigenvalue weighted by Gasteiger charge is -2.35. The minimum absolute atomic E-state index is 0.102. The van der Waals surface area contributed by atoms with Gasteiger partial charge in [0.1, 0.15) is 35.4 Å². The zero-order valence-electron chi connectivity index (χ0n) is 30.8. The van der Waals surface area contributed by atoms with Crippen LogP contribution in [0.4, 0.5) is 5.82 Å². The Morgan fingerprint density at radius 2 is 1.41 bits per heavy atom. The van der Waals surface area contributed by atoms with E-state index in [4.69, 9.17) is 15.6 Å². The number of rotatable bonds is 7. The Labute approximate surface area is 322 Å². The van der Waals surface area contributed by atoms with Crippen molar-refractivity contribution in [2.45, 2.75) is 82.2 Å². The number of aromatic nitrogens is 4. The van der Waals surface area contributed by atoms with Crippen molar-refractivity contribution in [2.24, 2.45) is 0 Å². The Bertz CT molecular complexity index is 2360. The molecule has 14 nitrogen and oxygen atoms in total. The van der Waals surface area contributed by atoms with Gasteiger partial charge < -0.3 is 10.5 Å². The summed E-state index contributed by atoms with van der Waals surface area (Å²) < 4.78 is 8.08. The van der Waals surface area contributed by atoms with Crippen LogP contribution in [0.25, 0.3) is 22.3 Å². The summed E-state index contributed by atoms with van der Waals surface area (Å²) in [4.78, 5) is 66.1. The Hall–Kier alpha value is -5.99. The monoisotopic (exact) mass is 751 g/mol. The van der Waals surface area contributed by atoms with E-state index in [1.165, 1.54) is 6.33 Å². The molecule has 1 aliphatic carbocycles. The topological polar surface area (TPSA) is 169 Å². The molecule has 10 rings (SSSR count). The molecular formula is C42H41N9O5. The lowest BCUT2D eigenvalue weighted by Crippen LogP contribution is -2.54. The highest BCUT2D eigenvalue weighted by atomic mass is 16.5. The number of amides is 4. The van der Waals surface area contributed by atoms with Crippen LogP contribution in [0.2, 0.25) is 0 Å². The summed E-state index contributed by atoms with van der Waals surface area (Å²) in [5.74, 6) is 0.0407. The van der Waals surface area contributed by atoms with Crippen molar-refractivity contribution in [1.82, 2.24) is 39.8 Å². The number of piperidine rings is 1. The third-order valence-electron chi connectivity index (χ3n) is 12.4. The van der Waals surface area contributed by atoms with Gasteiger partial charge in [-0.3, -0.25) is 39.2 Å². The average molecular weight is 752 g/mol. The maximum absolute atomic E-state index is 13.4. The molecule has 3 N–H and O–H groups in total. The number of carbonyl (C=O) groups is 4. The number of hydrogen-bond donors (Lipinski definition) is 2. The van der Waals surface area contributed by atoms with E-state index in [0.717, 1.165) is 108 Å². The van der Waals surface area contributed by atoms with Gasteiger partial charge in [0.15, 0.2) is 5.65 Å². The van der Waals surface area contributed by atoms with Crippen LogP contribution >= 0.6 is 0 Å². The predicted molar refractivity (Wildman–Crippen MR) is 205 cm³/mol. The lowest BCUT2D eigenvalue weighted by molar-refractivity contribution is -0.136. The number of hydrogen-bond acceptors (Lipinski definition) is 11. The first-order valence-electron chi connectivity index (χ1n) is 19.5. The van der Waals surface area contributed by atoms with Gasteiger partial charge in [-0.25, -0.2) is 14.6 Å². The molecule has 5 aromatic rings. The van der Waals surface area contributed by atoms with Gasteiger partial charge in [-0.2, -0.15) is 5.10 Å². The maximum atomic E-state index is 13.4. The number of nitrogen functional groups attached to an aromatic ring is 1. The van der Waals surface area contributed by atoms with Gasteiger partial charge in [0.25, 0.3) is 11.8 Å². The lowest BCUT2D eigenvalue weighted by atomic mass is 9.90. The van der Waals surface area contributed by atoms with Crippen molar-refractivity contribution in [3.05, 3.63) is 95.3 Å². The third kappa shape index (κ3) is 5.91. The fraction of sp³-hybridized carbons (Fsp3) is 0.357. The quantitative estimate of drug-likeness (QED) is 0.218. The molecule has 3 fully saturated rings. The third-order valence-corrected chi connectivity index (χ3v) is 12.4. The average Bonchev–Trinajstić information content (AvgIpc) is 4.00. The highest BCUT2D eigenvalue weighted by Gasteiger charge is 2.46. The molecule has 2 unspecified atom stereocenters. The van der Waals surface area contributed by atoms with Crippen LogP contribution in [0.15, 0.2) is 73.1 Å². The van der Waals surface area contributed by atoms with E-state index in [0.29, 0.717) is 29.0 Å². The standard InChI is InChI=1S/C42H41N9O5/c43-38-36-37(24-6-12-31(13-7-24)56-30-4-2-1-3-5-30)47-51(39(36)45-23-44-38)28-10-8-27(9-11-28)48-17-16-29(22-48)49-20-25-18-32-33(19-26(25)21-49)42(55)50(41(32)54)34-14-15-35(52)46-40(34)53/h1-7,12-13,18-19,23,27-29,34H,8-11,14-17,20-22H2,(H2,43,44,45)(H,46,52,53). The van der Waals surface area contributed by atoms with Crippen LogP contribution in [0.3, 0.4) is 0 Å². The molecule has 3 aromatic carbocycles. The van der Waals surface area contributed by atoms with E-state index in [-0.39, 0.29) is 24.8 Å². The summed E-state index contributed by atoms with van der Waals surface area (Å²) in [5, 5.41) is 8.16. The Morgan fingerprint density at radius 3 is 2.11 bits per heavy atom. The second kappa shape index (κ2) is 13.6. The molecule has 14 heteroatoms. The number of likely N-dealkylation sites (tertiary alicyclic amines) is 1. The number of imide groups is 2. The molecule has 4 amide bonds. The van der Waals surface area contributed by atoms with Crippen LogP contribution in [0.5, 0.6) is 11.5 Å².